The number of hydrogen-bond acceptors (Lipinski definition) is 3. The van der Waals surface area contributed by atoms with E-state index in [1.807, 2.05) is 43.1 Å². The van der Waals surface area contributed by atoms with Gasteiger partial charge in [0.05, 0.1) is 13.1 Å². The summed E-state index contributed by atoms with van der Waals surface area (Å²) in [5.74, 6) is 1.56. The fraction of sp³-hybridized carbons (Fsp3) is 0.565. The van der Waals surface area contributed by atoms with Gasteiger partial charge in [-0.25, -0.2) is 0 Å². The molecule has 2 amide bonds. The summed E-state index contributed by atoms with van der Waals surface area (Å²) in [5.41, 5.74) is 1.05. The molecule has 0 unspecified atom stereocenters. The maximum absolute atomic E-state index is 12.5. The van der Waals surface area contributed by atoms with Crippen molar-refractivity contribution >= 4 is 11.8 Å². The first-order chi connectivity index (χ1) is 13.8. The van der Waals surface area contributed by atoms with Gasteiger partial charge in [-0.15, -0.1) is 0 Å². The second-order valence-electron chi connectivity index (χ2n) is 8.25. The Morgan fingerprint density at radius 1 is 1.17 bits per heavy atom. The summed E-state index contributed by atoms with van der Waals surface area (Å²) in [5, 5.41) is 2.89. The van der Waals surface area contributed by atoms with E-state index in [1.54, 1.807) is 6.07 Å². The Bertz CT molecular complexity index is 789. The predicted octanol–water partition coefficient (Wildman–Crippen LogP) is 4.30. The van der Waals surface area contributed by atoms with Crippen LogP contribution in [-0.4, -0.2) is 34.4 Å². The molecule has 2 aromatic heterocycles. The van der Waals surface area contributed by atoms with Crippen LogP contribution in [0.5, 0.6) is 0 Å². The van der Waals surface area contributed by atoms with Crippen molar-refractivity contribution in [3.8, 4) is 0 Å². The van der Waals surface area contributed by atoms with Gasteiger partial charge in [0, 0.05) is 30.9 Å². The first-order valence-electron chi connectivity index (χ1n) is 10.6. The van der Waals surface area contributed by atoms with Crippen LogP contribution in [0, 0.1) is 11.8 Å². The lowest BCUT2D eigenvalue weighted by Crippen LogP contribution is -2.35. The molecule has 2 rings (SSSR count). The van der Waals surface area contributed by atoms with Crippen LogP contribution in [0.4, 0.5) is 0 Å². The lowest BCUT2D eigenvalue weighted by Gasteiger charge is -2.24. The molecule has 0 atom stereocenters. The smallest absolute Gasteiger partial charge is 0.286 e. The van der Waals surface area contributed by atoms with E-state index in [-0.39, 0.29) is 17.7 Å². The van der Waals surface area contributed by atoms with Gasteiger partial charge in [0.25, 0.3) is 5.91 Å². The highest BCUT2D eigenvalue weighted by molar-refractivity contribution is 5.91. The van der Waals surface area contributed by atoms with Crippen molar-refractivity contribution in [2.24, 2.45) is 11.8 Å². The van der Waals surface area contributed by atoms with E-state index < -0.39 is 0 Å². The topological polar surface area (TPSA) is 67.5 Å². The molecule has 0 aliphatic heterocycles. The van der Waals surface area contributed by atoms with Crippen LogP contribution in [0.3, 0.4) is 0 Å². The van der Waals surface area contributed by atoms with Crippen molar-refractivity contribution in [3.63, 3.8) is 0 Å². The first kappa shape index (κ1) is 22.8. The molecule has 0 aromatic carbocycles. The summed E-state index contributed by atoms with van der Waals surface area (Å²) in [6, 6.07) is 7.56. The normalized spacial score (nSPS) is 11.3. The zero-order valence-corrected chi connectivity index (χ0v) is 18.4. The Labute approximate surface area is 174 Å². The van der Waals surface area contributed by atoms with E-state index in [2.05, 4.69) is 30.7 Å². The second kappa shape index (κ2) is 10.9. The Balaban J connectivity index is 2.02. The number of aromatic nitrogens is 1. The van der Waals surface area contributed by atoms with Gasteiger partial charge >= 0.3 is 0 Å². The van der Waals surface area contributed by atoms with Crippen molar-refractivity contribution in [2.45, 2.75) is 60.5 Å². The molecular weight excluding hydrogens is 366 g/mol. The number of carbonyl (C=O) groups is 2. The molecule has 0 saturated heterocycles. The number of rotatable bonds is 11. The average Bonchev–Trinajstić information content (AvgIpc) is 3.30. The molecule has 29 heavy (non-hydrogen) atoms. The van der Waals surface area contributed by atoms with Gasteiger partial charge in [-0.1, -0.05) is 34.6 Å². The third-order valence-electron chi connectivity index (χ3n) is 4.79. The van der Waals surface area contributed by atoms with Crippen molar-refractivity contribution < 1.29 is 14.0 Å². The van der Waals surface area contributed by atoms with Gasteiger partial charge < -0.3 is 19.2 Å². The van der Waals surface area contributed by atoms with Crippen LogP contribution in [0.1, 0.15) is 69.5 Å². The summed E-state index contributed by atoms with van der Waals surface area (Å²) in [4.78, 5) is 26.6. The Kier molecular flexibility index (Phi) is 8.55. The molecule has 6 heteroatoms. The fourth-order valence-corrected chi connectivity index (χ4v) is 3.16. The van der Waals surface area contributed by atoms with Gasteiger partial charge in [-0.3, -0.25) is 9.59 Å². The molecule has 6 nitrogen and oxygen atoms in total. The first-order valence-corrected chi connectivity index (χ1v) is 10.6. The van der Waals surface area contributed by atoms with Crippen LogP contribution in [-0.2, 0) is 17.9 Å². The van der Waals surface area contributed by atoms with E-state index in [0.717, 1.165) is 25.1 Å². The fourth-order valence-electron chi connectivity index (χ4n) is 3.16. The summed E-state index contributed by atoms with van der Waals surface area (Å²) < 4.78 is 7.82. The molecule has 0 fully saturated rings. The number of carbonyl (C=O) groups excluding carboxylic acids is 2. The van der Waals surface area contributed by atoms with Crippen LogP contribution < -0.4 is 5.32 Å². The van der Waals surface area contributed by atoms with Crippen molar-refractivity contribution in [1.82, 2.24) is 14.8 Å². The third kappa shape index (κ3) is 6.80. The number of nitrogens with zero attached hydrogens (tertiary/aromatic N) is 2. The Morgan fingerprint density at radius 2 is 1.93 bits per heavy atom. The Morgan fingerprint density at radius 3 is 2.59 bits per heavy atom. The Hall–Kier alpha value is -2.50. The summed E-state index contributed by atoms with van der Waals surface area (Å²) in [6.45, 7) is 12.7. The standard InChI is InChI=1S/C23H35N3O3/c1-6-13-26(23(28)18(4)5)15-19-8-7-14-25(19)16-20-9-10-21(29-20)22(27)24-12-11-17(2)3/h7-10,14,17-18H,6,11-13,15-16H2,1-5H3,(H,24,27). The second-order valence-corrected chi connectivity index (χ2v) is 8.25. The molecule has 0 bridgehead atoms. The lowest BCUT2D eigenvalue weighted by atomic mass is 10.1. The highest BCUT2D eigenvalue weighted by Crippen LogP contribution is 2.15. The third-order valence-corrected chi connectivity index (χ3v) is 4.79. The molecule has 0 aliphatic carbocycles. The number of amides is 2. The maximum atomic E-state index is 12.5. The molecule has 0 spiro atoms. The summed E-state index contributed by atoms with van der Waals surface area (Å²) in [7, 11) is 0. The molecular formula is C23H35N3O3. The van der Waals surface area contributed by atoms with E-state index in [0.29, 0.717) is 37.1 Å². The minimum Gasteiger partial charge on any atom is -0.454 e. The highest BCUT2D eigenvalue weighted by atomic mass is 16.4. The maximum Gasteiger partial charge on any atom is 0.286 e. The lowest BCUT2D eigenvalue weighted by molar-refractivity contribution is -0.135. The number of nitrogens with one attached hydrogen (secondary N) is 1. The van der Waals surface area contributed by atoms with Crippen LogP contribution >= 0.6 is 0 Å². The molecule has 2 aromatic rings. The summed E-state index contributed by atoms with van der Waals surface area (Å²) >= 11 is 0. The van der Waals surface area contributed by atoms with Crippen molar-refractivity contribution in [3.05, 3.63) is 47.7 Å². The molecule has 0 saturated carbocycles. The van der Waals surface area contributed by atoms with Gasteiger partial charge in [-0.05, 0) is 43.0 Å². The van der Waals surface area contributed by atoms with E-state index in [9.17, 15) is 9.59 Å². The largest absolute Gasteiger partial charge is 0.454 e. The SMILES string of the molecule is CCCN(Cc1cccn1Cc1ccc(C(=O)NCCC(C)C)o1)C(=O)C(C)C. The number of furan rings is 1. The van der Waals surface area contributed by atoms with Crippen LogP contribution in [0.15, 0.2) is 34.9 Å². The van der Waals surface area contributed by atoms with E-state index >= 15 is 0 Å². The van der Waals surface area contributed by atoms with Crippen molar-refractivity contribution in [1.29, 1.82) is 0 Å². The van der Waals surface area contributed by atoms with Crippen molar-refractivity contribution in [2.75, 3.05) is 13.1 Å². The minimum atomic E-state index is -0.179. The number of hydrogen-bond donors (Lipinski definition) is 1. The average molecular weight is 402 g/mol. The van der Waals surface area contributed by atoms with Gasteiger partial charge in [0.1, 0.15) is 5.76 Å². The van der Waals surface area contributed by atoms with E-state index in [4.69, 9.17) is 4.42 Å². The van der Waals surface area contributed by atoms with Crippen LogP contribution in [0.25, 0.3) is 0 Å². The molecule has 160 valence electrons. The van der Waals surface area contributed by atoms with Gasteiger partial charge in [-0.2, -0.15) is 0 Å². The monoisotopic (exact) mass is 401 g/mol. The zero-order chi connectivity index (χ0) is 21.4. The van der Waals surface area contributed by atoms with Gasteiger partial charge in [0.2, 0.25) is 5.91 Å². The zero-order valence-electron chi connectivity index (χ0n) is 18.4. The molecule has 0 aliphatic rings. The molecule has 1 N–H and O–H groups in total. The quantitative estimate of drug-likeness (QED) is 0.610. The van der Waals surface area contributed by atoms with Gasteiger partial charge in [0.15, 0.2) is 5.76 Å². The molecule has 2 heterocycles. The van der Waals surface area contributed by atoms with Crippen LogP contribution in [0.2, 0.25) is 0 Å². The van der Waals surface area contributed by atoms with E-state index in [1.165, 1.54) is 0 Å². The minimum absolute atomic E-state index is 0.0215. The highest BCUT2D eigenvalue weighted by Gasteiger charge is 2.18. The summed E-state index contributed by atoms with van der Waals surface area (Å²) in [6.07, 6.45) is 3.84. The predicted molar refractivity (Wildman–Crippen MR) is 115 cm³/mol. The molecule has 0 radical (unpaired) electrons.